The molecular formula is C18H28ClN3O3S. The average molecular weight is 402 g/mol. The van der Waals surface area contributed by atoms with Crippen LogP contribution in [0.25, 0.3) is 0 Å². The Bertz CT molecular complexity index is 716. The fourth-order valence-corrected chi connectivity index (χ4v) is 5.14. The van der Waals surface area contributed by atoms with E-state index in [2.05, 4.69) is 0 Å². The first-order chi connectivity index (χ1) is 11.9. The van der Waals surface area contributed by atoms with Crippen LogP contribution in [0.4, 0.5) is 0 Å². The first kappa shape index (κ1) is 21.2. The Morgan fingerprint density at radius 2 is 1.69 bits per heavy atom. The summed E-state index contributed by atoms with van der Waals surface area (Å²) in [6, 6.07) is 6.99. The van der Waals surface area contributed by atoms with Crippen molar-refractivity contribution >= 4 is 28.3 Å². The van der Waals surface area contributed by atoms with Crippen molar-refractivity contribution < 1.29 is 13.2 Å². The van der Waals surface area contributed by atoms with Crippen molar-refractivity contribution in [3.05, 3.63) is 29.8 Å². The molecule has 0 radical (unpaired) electrons. The molecule has 0 aromatic heterocycles. The molecule has 3 rings (SSSR count). The molecule has 0 bridgehead atoms. The SMILES string of the molecule is Cc1ccc(S(=O)(=O)N2CCC(C(=O)N3CCCC(N)C3)CC2)cc1.Cl. The van der Waals surface area contributed by atoms with Crippen molar-refractivity contribution in [3.63, 3.8) is 0 Å². The lowest BCUT2D eigenvalue weighted by Gasteiger charge is -2.36. The molecule has 0 saturated carbocycles. The number of nitrogens with two attached hydrogens (primary N) is 1. The summed E-state index contributed by atoms with van der Waals surface area (Å²) >= 11 is 0. The number of sulfonamides is 1. The topological polar surface area (TPSA) is 83.7 Å². The van der Waals surface area contributed by atoms with E-state index in [4.69, 9.17) is 5.73 Å². The molecule has 1 atom stereocenters. The third kappa shape index (κ3) is 4.57. The molecule has 2 fully saturated rings. The van der Waals surface area contributed by atoms with Gasteiger partial charge in [-0.15, -0.1) is 12.4 Å². The van der Waals surface area contributed by atoms with Crippen LogP contribution in [0.3, 0.4) is 0 Å². The van der Waals surface area contributed by atoms with E-state index in [9.17, 15) is 13.2 Å². The van der Waals surface area contributed by atoms with Gasteiger partial charge in [-0.3, -0.25) is 4.79 Å². The number of hydrogen-bond acceptors (Lipinski definition) is 4. The predicted octanol–water partition coefficient (Wildman–Crippen LogP) is 1.77. The maximum absolute atomic E-state index is 12.7. The molecule has 146 valence electrons. The van der Waals surface area contributed by atoms with Crippen LogP contribution >= 0.6 is 12.4 Å². The molecule has 0 aliphatic carbocycles. The fraction of sp³-hybridized carbons (Fsp3) is 0.611. The number of carbonyl (C=O) groups is 1. The van der Waals surface area contributed by atoms with Gasteiger partial charge in [0.05, 0.1) is 4.90 Å². The lowest BCUT2D eigenvalue weighted by molar-refractivity contribution is -0.137. The van der Waals surface area contributed by atoms with Crippen LogP contribution in [0.1, 0.15) is 31.2 Å². The Balaban J connectivity index is 0.00000243. The number of aryl methyl sites for hydroxylation is 1. The number of nitrogens with zero attached hydrogens (tertiary/aromatic N) is 2. The van der Waals surface area contributed by atoms with Gasteiger partial charge >= 0.3 is 0 Å². The molecule has 1 aromatic rings. The minimum absolute atomic E-state index is 0. The van der Waals surface area contributed by atoms with Gasteiger partial charge in [-0.05, 0) is 44.7 Å². The molecule has 2 aliphatic heterocycles. The summed E-state index contributed by atoms with van der Waals surface area (Å²) in [4.78, 5) is 14.9. The lowest BCUT2D eigenvalue weighted by Crippen LogP contribution is -2.50. The number of benzene rings is 1. The first-order valence-corrected chi connectivity index (χ1v) is 10.4. The Hall–Kier alpha value is -1.15. The molecule has 2 saturated heterocycles. The summed E-state index contributed by atoms with van der Waals surface area (Å²) in [7, 11) is -3.47. The van der Waals surface area contributed by atoms with Crippen LogP contribution in [0.15, 0.2) is 29.2 Å². The molecule has 2 aliphatic rings. The van der Waals surface area contributed by atoms with Crippen molar-refractivity contribution in [2.75, 3.05) is 26.2 Å². The van der Waals surface area contributed by atoms with E-state index in [0.717, 1.165) is 24.9 Å². The zero-order chi connectivity index (χ0) is 18.0. The molecule has 2 heterocycles. The average Bonchev–Trinajstić information content (AvgIpc) is 2.61. The van der Waals surface area contributed by atoms with Gasteiger partial charge in [-0.1, -0.05) is 17.7 Å². The number of halogens is 1. The highest BCUT2D eigenvalue weighted by Crippen LogP contribution is 2.26. The Morgan fingerprint density at radius 3 is 2.27 bits per heavy atom. The second-order valence-electron chi connectivity index (χ2n) is 7.18. The van der Waals surface area contributed by atoms with Crippen molar-refractivity contribution in [1.82, 2.24) is 9.21 Å². The van der Waals surface area contributed by atoms with Gasteiger partial charge in [-0.25, -0.2) is 8.42 Å². The molecule has 8 heteroatoms. The van der Waals surface area contributed by atoms with Crippen molar-refractivity contribution in [2.45, 2.75) is 43.5 Å². The van der Waals surface area contributed by atoms with E-state index in [1.165, 1.54) is 4.31 Å². The van der Waals surface area contributed by atoms with E-state index < -0.39 is 10.0 Å². The fourth-order valence-electron chi connectivity index (χ4n) is 3.67. The summed E-state index contributed by atoms with van der Waals surface area (Å²) < 4.78 is 27.0. The smallest absolute Gasteiger partial charge is 0.243 e. The summed E-state index contributed by atoms with van der Waals surface area (Å²) in [6.07, 6.45) is 3.08. The molecule has 26 heavy (non-hydrogen) atoms. The molecule has 2 N–H and O–H groups in total. The first-order valence-electron chi connectivity index (χ1n) is 8.99. The largest absolute Gasteiger partial charge is 0.341 e. The van der Waals surface area contributed by atoms with Crippen molar-refractivity contribution in [2.24, 2.45) is 11.7 Å². The van der Waals surface area contributed by atoms with Gasteiger partial charge in [-0.2, -0.15) is 4.31 Å². The van der Waals surface area contributed by atoms with E-state index in [1.807, 2.05) is 24.0 Å². The lowest BCUT2D eigenvalue weighted by atomic mass is 9.95. The zero-order valence-electron chi connectivity index (χ0n) is 15.1. The summed E-state index contributed by atoms with van der Waals surface area (Å²) in [5.74, 6) is 0.0531. The van der Waals surface area contributed by atoms with Gasteiger partial charge in [0.1, 0.15) is 0 Å². The number of likely N-dealkylation sites (tertiary alicyclic amines) is 1. The van der Waals surface area contributed by atoms with Crippen LogP contribution in [0.5, 0.6) is 0 Å². The molecule has 1 amide bonds. The Morgan fingerprint density at radius 1 is 1.08 bits per heavy atom. The number of hydrogen-bond donors (Lipinski definition) is 1. The zero-order valence-corrected chi connectivity index (χ0v) is 16.8. The molecule has 1 unspecified atom stereocenters. The van der Waals surface area contributed by atoms with Gasteiger partial charge in [0.2, 0.25) is 15.9 Å². The van der Waals surface area contributed by atoms with E-state index >= 15 is 0 Å². The number of amides is 1. The maximum atomic E-state index is 12.7. The Kier molecular flexibility index (Phi) is 7.07. The van der Waals surface area contributed by atoms with Crippen molar-refractivity contribution in [1.29, 1.82) is 0 Å². The monoisotopic (exact) mass is 401 g/mol. The van der Waals surface area contributed by atoms with Crippen LogP contribution in [0.2, 0.25) is 0 Å². The van der Waals surface area contributed by atoms with E-state index in [0.29, 0.717) is 37.4 Å². The summed E-state index contributed by atoms with van der Waals surface area (Å²) in [5, 5.41) is 0. The quantitative estimate of drug-likeness (QED) is 0.836. The molecular weight excluding hydrogens is 374 g/mol. The maximum Gasteiger partial charge on any atom is 0.243 e. The standard InChI is InChI=1S/C18H27N3O3S.ClH/c1-14-4-6-17(7-5-14)25(23,24)21-11-8-15(9-12-21)18(22)20-10-2-3-16(19)13-20;/h4-7,15-16H,2-3,8-13,19H2,1H3;1H. The number of rotatable bonds is 3. The van der Waals surface area contributed by atoms with Crippen LogP contribution < -0.4 is 5.73 Å². The van der Waals surface area contributed by atoms with Crippen LogP contribution in [0, 0.1) is 12.8 Å². The summed E-state index contributed by atoms with van der Waals surface area (Å²) in [5.41, 5.74) is 7.00. The van der Waals surface area contributed by atoms with Gasteiger partial charge in [0.15, 0.2) is 0 Å². The third-order valence-electron chi connectivity index (χ3n) is 5.23. The minimum Gasteiger partial charge on any atom is -0.341 e. The van der Waals surface area contributed by atoms with Gasteiger partial charge in [0.25, 0.3) is 0 Å². The highest BCUT2D eigenvalue weighted by atomic mass is 35.5. The summed E-state index contributed by atoms with van der Waals surface area (Å²) in [6.45, 7) is 4.12. The Labute approximate surface area is 162 Å². The highest BCUT2D eigenvalue weighted by molar-refractivity contribution is 7.89. The minimum atomic E-state index is -3.47. The highest BCUT2D eigenvalue weighted by Gasteiger charge is 2.34. The third-order valence-corrected chi connectivity index (χ3v) is 7.14. The normalized spacial score (nSPS) is 22.7. The van der Waals surface area contributed by atoms with Crippen LogP contribution in [-0.2, 0) is 14.8 Å². The second-order valence-corrected chi connectivity index (χ2v) is 9.12. The predicted molar refractivity (Wildman–Crippen MR) is 104 cm³/mol. The molecule has 0 spiro atoms. The van der Waals surface area contributed by atoms with Gasteiger partial charge in [0, 0.05) is 38.1 Å². The van der Waals surface area contributed by atoms with Crippen LogP contribution in [-0.4, -0.2) is 55.8 Å². The second kappa shape index (κ2) is 8.69. The molecule has 1 aromatic carbocycles. The van der Waals surface area contributed by atoms with E-state index in [1.54, 1.807) is 12.1 Å². The van der Waals surface area contributed by atoms with Crippen molar-refractivity contribution in [3.8, 4) is 0 Å². The number of piperidine rings is 2. The number of carbonyl (C=O) groups excluding carboxylic acids is 1. The molecule has 6 nitrogen and oxygen atoms in total. The van der Waals surface area contributed by atoms with E-state index in [-0.39, 0.29) is 30.3 Å². The van der Waals surface area contributed by atoms with Gasteiger partial charge < -0.3 is 10.6 Å².